The minimum Gasteiger partial charge on any atom is -0.394 e. The van der Waals surface area contributed by atoms with Crippen LogP contribution < -0.4 is 5.32 Å². The maximum absolute atomic E-state index is 13.0. The smallest absolute Gasteiger partial charge is 0.249 e. The van der Waals surface area contributed by atoms with E-state index >= 15 is 0 Å². The van der Waals surface area contributed by atoms with E-state index in [1.165, 1.54) is 96.3 Å². The summed E-state index contributed by atoms with van der Waals surface area (Å²) in [6, 6.07) is -0.894. The van der Waals surface area contributed by atoms with E-state index in [2.05, 4.69) is 31.3 Å². The summed E-state index contributed by atoms with van der Waals surface area (Å²) in [5.74, 6) is -0.594. The van der Waals surface area contributed by atoms with Gasteiger partial charge in [-0.25, -0.2) is 0 Å². The van der Waals surface area contributed by atoms with Gasteiger partial charge < -0.3 is 45.4 Å². The third-order valence-electron chi connectivity index (χ3n) is 10.5. The zero-order chi connectivity index (χ0) is 38.2. The van der Waals surface area contributed by atoms with Crippen LogP contribution in [0.2, 0.25) is 0 Å². The molecular weight excluding hydrogens is 662 g/mol. The largest absolute Gasteiger partial charge is 0.394 e. The van der Waals surface area contributed by atoms with Gasteiger partial charge in [-0.2, -0.15) is 0 Å². The fraction of sp³-hybridized carbons (Fsp3) is 0.929. The molecule has 0 spiro atoms. The van der Waals surface area contributed by atoms with E-state index in [1.54, 1.807) is 0 Å². The number of aliphatic hydroxyl groups excluding tert-OH is 6. The third kappa shape index (κ3) is 23.6. The molecule has 1 amide bonds. The molecule has 0 saturated carbocycles. The van der Waals surface area contributed by atoms with E-state index in [4.69, 9.17) is 9.47 Å². The molecule has 0 aromatic heterocycles. The standard InChI is InChI=1S/C42H81NO9/c1-3-5-7-9-11-13-15-16-17-18-19-21-22-24-26-28-30-35(45)34(33-51-42-40(49)39(48)38(47)37(32-44)52-42)43-41(50)36(46)31-29-27-25-23-20-14-12-10-8-6-4-2/h12,14,34-40,42,44-49H,3-11,13,15-33H2,1-2H3,(H,43,50)/b14-12-. The number of hydrogen-bond donors (Lipinski definition) is 7. The van der Waals surface area contributed by atoms with Crippen molar-refractivity contribution in [2.45, 2.75) is 236 Å². The quantitative estimate of drug-likeness (QED) is 0.0264. The van der Waals surface area contributed by atoms with E-state index in [0.29, 0.717) is 19.3 Å². The van der Waals surface area contributed by atoms with Crippen LogP contribution in [0.3, 0.4) is 0 Å². The molecule has 0 radical (unpaired) electrons. The monoisotopic (exact) mass is 744 g/mol. The molecule has 52 heavy (non-hydrogen) atoms. The molecule has 0 aliphatic carbocycles. The number of carbonyl (C=O) groups is 1. The average molecular weight is 744 g/mol. The number of rotatable bonds is 35. The Kier molecular flexibility index (Phi) is 31.3. The van der Waals surface area contributed by atoms with Gasteiger partial charge in [0.05, 0.1) is 25.4 Å². The summed E-state index contributed by atoms with van der Waals surface area (Å²) < 4.78 is 11.1. The summed E-state index contributed by atoms with van der Waals surface area (Å²) in [5.41, 5.74) is 0. The van der Waals surface area contributed by atoms with Crippen LogP contribution in [0, 0.1) is 0 Å². The van der Waals surface area contributed by atoms with Crippen LogP contribution in [0.15, 0.2) is 12.2 Å². The molecule has 0 aromatic rings. The predicted molar refractivity (Wildman–Crippen MR) is 209 cm³/mol. The van der Waals surface area contributed by atoms with Crippen molar-refractivity contribution in [3.63, 3.8) is 0 Å². The molecule has 8 atom stereocenters. The van der Waals surface area contributed by atoms with Crippen molar-refractivity contribution in [3.05, 3.63) is 12.2 Å². The molecule has 8 unspecified atom stereocenters. The Morgan fingerprint density at radius 3 is 1.60 bits per heavy atom. The van der Waals surface area contributed by atoms with Crippen molar-refractivity contribution in [1.29, 1.82) is 0 Å². The first-order valence-electron chi connectivity index (χ1n) is 21.5. The van der Waals surface area contributed by atoms with Gasteiger partial charge in [0.2, 0.25) is 5.91 Å². The molecule has 10 heteroatoms. The van der Waals surface area contributed by atoms with E-state index in [-0.39, 0.29) is 6.61 Å². The highest BCUT2D eigenvalue weighted by Gasteiger charge is 2.44. The zero-order valence-corrected chi connectivity index (χ0v) is 33.2. The second-order valence-electron chi connectivity index (χ2n) is 15.3. The summed E-state index contributed by atoms with van der Waals surface area (Å²) in [6.07, 6.45) is 25.5. The van der Waals surface area contributed by atoms with E-state index in [9.17, 15) is 35.4 Å². The minimum absolute atomic E-state index is 0.257. The van der Waals surface area contributed by atoms with E-state index in [1.807, 2.05) is 0 Å². The maximum atomic E-state index is 13.0. The Balaban J connectivity index is 2.43. The fourth-order valence-corrected chi connectivity index (χ4v) is 6.87. The van der Waals surface area contributed by atoms with Crippen LogP contribution in [0.5, 0.6) is 0 Å². The minimum atomic E-state index is -1.59. The molecule has 1 saturated heterocycles. The topological polar surface area (TPSA) is 169 Å². The van der Waals surface area contributed by atoms with Crippen LogP contribution in [0.25, 0.3) is 0 Å². The van der Waals surface area contributed by atoms with E-state index < -0.39 is 61.5 Å². The number of aliphatic hydroxyl groups is 6. The second kappa shape index (κ2) is 33.2. The van der Waals surface area contributed by atoms with E-state index in [0.717, 1.165) is 57.8 Å². The summed E-state index contributed by atoms with van der Waals surface area (Å²) in [5, 5.41) is 64.6. The number of unbranched alkanes of at least 4 members (excludes halogenated alkanes) is 22. The summed E-state index contributed by atoms with van der Waals surface area (Å²) in [4.78, 5) is 13.0. The second-order valence-corrected chi connectivity index (χ2v) is 15.3. The number of allylic oxidation sites excluding steroid dienone is 2. The third-order valence-corrected chi connectivity index (χ3v) is 10.5. The number of carbonyl (C=O) groups excluding carboxylic acids is 1. The Bertz CT molecular complexity index is 844. The van der Waals surface area contributed by atoms with Crippen LogP contribution in [0.1, 0.15) is 187 Å². The molecule has 7 N–H and O–H groups in total. The van der Waals surface area contributed by atoms with Gasteiger partial charge in [-0.1, -0.05) is 161 Å². The predicted octanol–water partition coefficient (Wildman–Crippen LogP) is 7.14. The lowest BCUT2D eigenvalue weighted by molar-refractivity contribution is -0.302. The molecule has 1 heterocycles. The van der Waals surface area contributed by atoms with Crippen molar-refractivity contribution in [1.82, 2.24) is 5.32 Å². The van der Waals surface area contributed by atoms with Crippen molar-refractivity contribution >= 4 is 5.91 Å². The lowest BCUT2D eigenvalue weighted by Crippen LogP contribution is -2.60. The fourth-order valence-electron chi connectivity index (χ4n) is 6.87. The molecule has 1 rings (SSSR count). The SMILES string of the molecule is CCCCC/C=C\CCCCCCC(O)C(=O)NC(COC1OC(CO)C(O)C(O)C1O)C(O)CCCCCCCCCCCCCCCCCC. The highest BCUT2D eigenvalue weighted by molar-refractivity contribution is 5.80. The molecule has 1 aliphatic heterocycles. The molecule has 0 aromatic carbocycles. The summed E-state index contributed by atoms with van der Waals surface area (Å²) in [6.45, 7) is 3.62. The van der Waals surface area contributed by atoms with Crippen molar-refractivity contribution in [2.24, 2.45) is 0 Å². The molecule has 1 fully saturated rings. The number of ether oxygens (including phenoxy) is 2. The first-order chi connectivity index (χ1) is 25.3. The maximum Gasteiger partial charge on any atom is 0.249 e. The van der Waals surface area contributed by atoms with Crippen molar-refractivity contribution in [2.75, 3.05) is 13.2 Å². The molecule has 308 valence electrons. The summed E-state index contributed by atoms with van der Waals surface area (Å²) in [7, 11) is 0. The van der Waals surface area contributed by atoms with Crippen LogP contribution in [-0.2, 0) is 14.3 Å². The first-order valence-corrected chi connectivity index (χ1v) is 21.5. The van der Waals surface area contributed by atoms with Crippen molar-refractivity contribution < 1.29 is 44.9 Å². The van der Waals surface area contributed by atoms with Gasteiger partial charge in [-0.3, -0.25) is 4.79 Å². The normalized spacial score (nSPS) is 22.5. The first kappa shape index (κ1) is 48.9. The molecule has 0 bridgehead atoms. The van der Waals surface area contributed by atoms with Crippen LogP contribution in [0.4, 0.5) is 0 Å². The molecular formula is C42H81NO9. The summed E-state index contributed by atoms with van der Waals surface area (Å²) >= 11 is 0. The Morgan fingerprint density at radius 2 is 1.08 bits per heavy atom. The Hall–Kier alpha value is -1.11. The van der Waals surface area contributed by atoms with Gasteiger partial charge in [-0.05, 0) is 38.5 Å². The lowest BCUT2D eigenvalue weighted by Gasteiger charge is -2.40. The van der Waals surface area contributed by atoms with Crippen LogP contribution >= 0.6 is 0 Å². The zero-order valence-electron chi connectivity index (χ0n) is 33.2. The van der Waals surface area contributed by atoms with Crippen molar-refractivity contribution in [3.8, 4) is 0 Å². The number of nitrogens with one attached hydrogen (secondary N) is 1. The van der Waals surface area contributed by atoms with Gasteiger partial charge >= 0.3 is 0 Å². The molecule has 10 nitrogen and oxygen atoms in total. The Morgan fingerprint density at radius 1 is 0.635 bits per heavy atom. The highest BCUT2D eigenvalue weighted by atomic mass is 16.7. The number of amides is 1. The van der Waals surface area contributed by atoms with Gasteiger partial charge in [-0.15, -0.1) is 0 Å². The van der Waals surface area contributed by atoms with Gasteiger partial charge in [0, 0.05) is 0 Å². The lowest BCUT2D eigenvalue weighted by atomic mass is 9.99. The van der Waals surface area contributed by atoms with Gasteiger partial charge in [0.1, 0.15) is 30.5 Å². The number of hydrogen-bond acceptors (Lipinski definition) is 9. The van der Waals surface area contributed by atoms with Gasteiger partial charge in [0.15, 0.2) is 6.29 Å². The van der Waals surface area contributed by atoms with Crippen LogP contribution in [-0.4, -0.2) is 98.7 Å². The molecule has 1 aliphatic rings. The average Bonchev–Trinajstić information content (AvgIpc) is 3.14. The Labute approximate surface area is 317 Å². The van der Waals surface area contributed by atoms with Gasteiger partial charge in [0.25, 0.3) is 0 Å². The highest BCUT2D eigenvalue weighted by Crippen LogP contribution is 2.23.